The van der Waals surface area contributed by atoms with Crippen LogP contribution < -0.4 is 16.0 Å². The van der Waals surface area contributed by atoms with Crippen LogP contribution in [0.25, 0.3) is 6.08 Å². The van der Waals surface area contributed by atoms with Crippen molar-refractivity contribution in [3.8, 4) is 0 Å². The molecular weight excluding hydrogens is 539 g/mol. The van der Waals surface area contributed by atoms with Gasteiger partial charge in [0.25, 0.3) is 11.8 Å². The third kappa shape index (κ3) is 7.71. The monoisotopic (exact) mass is 569 g/mol. The first kappa shape index (κ1) is 28.9. The third-order valence-corrected chi connectivity index (χ3v) is 7.98. The van der Waals surface area contributed by atoms with Crippen LogP contribution in [0.3, 0.4) is 0 Å². The van der Waals surface area contributed by atoms with Gasteiger partial charge in [-0.3, -0.25) is 14.4 Å². The van der Waals surface area contributed by atoms with Crippen LogP contribution in [0.5, 0.6) is 0 Å². The van der Waals surface area contributed by atoms with E-state index < -0.39 is 5.91 Å². The molecule has 1 unspecified atom stereocenters. The number of hydrogen-bond acceptors (Lipinski definition) is 5. The fourth-order valence-electron chi connectivity index (χ4n) is 3.97. The molecule has 0 fully saturated rings. The van der Waals surface area contributed by atoms with Gasteiger partial charge in [-0.15, -0.1) is 11.8 Å². The Balaban J connectivity index is 1.40. The van der Waals surface area contributed by atoms with Gasteiger partial charge in [-0.25, -0.2) is 0 Å². The number of para-hydroxylation sites is 1. The molecule has 1 atom stereocenters. The summed E-state index contributed by atoms with van der Waals surface area (Å²) in [4.78, 5) is 39.7. The second-order valence-electron chi connectivity index (χ2n) is 9.13. The normalized spacial score (nSPS) is 11.9. The minimum Gasteiger partial charge on any atom is -0.325 e. The first-order valence-electron chi connectivity index (χ1n) is 12.9. The Labute approximate surface area is 242 Å². The van der Waals surface area contributed by atoms with Gasteiger partial charge in [-0.2, -0.15) is 11.3 Å². The molecule has 0 saturated carbocycles. The molecule has 0 saturated heterocycles. The summed E-state index contributed by atoms with van der Waals surface area (Å²) in [5.74, 6) is -0.870. The molecule has 6 nitrogen and oxygen atoms in total. The Morgan fingerprint density at radius 1 is 0.925 bits per heavy atom. The zero-order valence-electron chi connectivity index (χ0n) is 22.6. The number of hydrogen-bond donors (Lipinski definition) is 3. The molecule has 4 rings (SSSR count). The van der Waals surface area contributed by atoms with Crippen molar-refractivity contribution in [1.29, 1.82) is 0 Å². The van der Waals surface area contributed by atoms with Crippen molar-refractivity contribution in [1.82, 2.24) is 5.32 Å². The molecule has 0 spiro atoms. The van der Waals surface area contributed by atoms with Gasteiger partial charge in [0, 0.05) is 21.8 Å². The van der Waals surface area contributed by atoms with E-state index in [4.69, 9.17) is 0 Å². The number of anilines is 2. The highest BCUT2D eigenvalue weighted by Gasteiger charge is 2.18. The van der Waals surface area contributed by atoms with E-state index in [2.05, 4.69) is 22.9 Å². The second-order valence-corrected chi connectivity index (χ2v) is 11.3. The summed E-state index contributed by atoms with van der Waals surface area (Å²) in [7, 11) is 0. The number of carbonyl (C=O) groups excluding carboxylic acids is 3. The van der Waals surface area contributed by atoms with E-state index in [1.54, 1.807) is 42.5 Å². The summed E-state index contributed by atoms with van der Waals surface area (Å²) in [6, 6.07) is 23.9. The molecule has 0 aliphatic carbocycles. The predicted octanol–water partition coefficient (Wildman–Crippen LogP) is 7.15. The van der Waals surface area contributed by atoms with Crippen LogP contribution in [-0.4, -0.2) is 23.0 Å². The Kier molecular flexibility index (Phi) is 9.94. The average molecular weight is 570 g/mol. The van der Waals surface area contributed by atoms with Gasteiger partial charge in [0.2, 0.25) is 5.91 Å². The van der Waals surface area contributed by atoms with Gasteiger partial charge < -0.3 is 16.0 Å². The van der Waals surface area contributed by atoms with E-state index in [1.165, 1.54) is 23.1 Å². The Morgan fingerprint density at radius 3 is 2.35 bits per heavy atom. The summed E-state index contributed by atoms with van der Waals surface area (Å²) in [5, 5.41) is 12.2. The summed E-state index contributed by atoms with van der Waals surface area (Å²) < 4.78 is 0. The van der Waals surface area contributed by atoms with Gasteiger partial charge in [-0.1, -0.05) is 43.3 Å². The molecule has 8 heteroatoms. The lowest BCUT2D eigenvalue weighted by Gasteiger charge is -2.16. The topological polar surface area (TPSA) is 87.3 Å². The molecule has 0 bridgehead atoms. The SMILES string of the molecule is CCc1cccc(C)c1NC(=O)C(C)Sc1ccc(NC(=O)/C(=C/c2ccsc2)NC(=O)c2ccccc2)cc1. The van der Waals surface area contributed by atoms with E-state index in [-0.39, 0.29) is 22.8 Å². The molecule has 3 amide bonds. The maximum Gasteiger partial charge on any atom is 0.272 e. The molecule has 1 aromatic heterocycles. The fourth-order valence-corrected chi connectivity index (χ4v) is 5.45. The molecular formula is C32H31N3O3S2. The lowest BCUT2D eigenvalue weighted by Crippen LogP contribution is -2.30. The average Bonchev–Trinajstić information content (AvgIpc) is 3.48. The lowest BCUT2D eigenvalue weighted by atomic mass is 10.1. The highest BCUT2D eigenvalue weighted by atomic mass is 32.2. The maximum atomic E-state index is 13.2. The largest absolute Gasteiger partial charge is 0.325 e. The number of nitrogens with one attached hydrogen (secondary N) is 3. The van der Waals surface area contributed by atoms with Crippen LogP contribution >= 0.6 is 23.1 Å². The predicted molar refractivity (Wildman–Crippen MR) is 166 cm³/mol. The molecule has 0 aliphatic heterocycles. The molecule has 40 heavy (non-hydrogen) atoms. The quantitative estimate of drug-likeness (QED) is 0.140. The molecule has 0 radical (unpaired) electrons. The zero-order chi connectivity index (χ0) is 28.5. The van der Waals surface area contributed by atoms with Crippen molar-refractivity contribution < 1.29 is 14.4 Å². The van der Waals surface area contributed by atoms with Gasteiger partial charge >= 0.3 is 0 Å². The number of aryl methyl sites for hydroxylation is 2. The number of thioether (sulfide) groups is 1. The van der Waals surface area contributed by atoms with E-state index >= 15 is 0 Å². The van der Waals surface area contributed by atoms with Crippen molar-refractivity contribution in [3.63, 3.8) is 0 Å². The molecule has 4 aromatic rings. The Hall–Kier alpha value is -4.14. The minimum atomic E-state index is -0.436. The molecule has 1 heterocycles. The highest BCUT2D eigenvalue weighted by Crippen LogP contribution is 2.27. The van der Waals surface area contributed by atoms with Crippen LogP contribution in [0.1, 0.15) is 40.9 Å². The first-order valence-corrected chi connectivity index (χ1v) is 14.7. The van der Waals surface area contributed by atoms with Crippen LogP contribution in [0.2, 0.25) is 0 Å². The minimum absolute atomic E-state index is 0.0660. The Bertz CT molecular complexity index is 1500. The maximum absolute atomic E-state index is 13.2. The van der Waals surface area contributed by atoms with E-state index in [0.717, 1.165) is 33.7 Å². The number of carbonyl (C=O) groups is 3. The Morgan fingerprint density at radius 2 is 1.68 bits per heavy atom. The standard InChI is InChI=1S/C32H31N3O3S2/c1-4-24-12-8-9-21(2)29(24)35-30(36)22(3)40-27-15-13-26(14-16-27)33-32(38)28(19-23-17-18-39-20-23)34-31(37)25-10-6-5-7-11-25/h5-20,22H,4H2,1-3H3,(H,33,38)(H,34,37)(H,35,36)/b28-19-. The summed E-state index contributed by atoms with van der Waals surface area (Å²) >= 11 is 2.94. The van der Waals surface area contributed by atoms with Crippen molar-refractivity contribution in [2.45, 2.75) is 37.3 Å². The fraction of sp³-hybridized carbons (Fsp3) is 0.156. The number of rotatable bonds is 10. The number of amides is 3. The van der Waals surface area contributed by atoms with Crippen LogP contribution in [0.4, 0.5) is 11.4 Å². The zero-order valence-corrected chi connectivity index (χ0v) is 24.2. The van der Waals surface area contributed by atoms with E-state index in [9.17, 15) is 14.4 Å². The van der Waals surface area contributed by atoms with Gasteiger partial charge in [-0.05, 0) is 96.3 Å². The van der Waals surface area contributed by atoms with Crippen molar-refractivity contribution in [3.05, 3.63) is 118 Å². The van der Waals surface area contributed by atoms with E-state index in [1.807, 2.05) is 67.1 Å². The summed E-state index contributed by atoms with van der Waals surface area (Å²) in [5.41, 5.74) is 5.02. The van der Waals surface area contributed by atoms with E-state index in [0.29, 0.717) is 11.3 Å². The first-order chi connectivity index (χ1) is 19.3. The van der Waals surface area contributed by atoms with Gasteiger partial charge in [0.05, 0.1) is 5.25 Å². The smallest absolute Gasteiger partial charge is 0.272 e. The van der Waals surface area contributed by atoms with Crippen molar-refractivity contribution in [2.24, 2.45) is 0 Å². The highest BCUT2D eigenvalue weighted by molar-refractivity contribution is 8.00. The molecule has 3 N–H and O–H groups in total. The number of benzene rings is 3. The second kappa shape index (κ2) is 13.8. The molecule has 0 aliphatic rings. The van der Waals surface area contributed by atoms with Crippen LogP contribution in [0, 0.1) is 6.92 Å². The summed E-state index contributed by atoms with van der Waals surface area (Å²) in [6.45, 7) is 5.94. The van der Waals surface area contributed by atoms with Gasteiger partial charge in [0.1, 0.15) is 5.70 Å². The molecule has 3 aromatic carbocycles. The van der Waals surface area contributed by atoms with Crippen LogP contribution in [-0.2, 0) is 16.0 Å². The van der Waals surface area contributed by atoms with Crippen molar-refractivity contribution in [2.75, 3.05) is 10.6 Å². The molecule has 204 valence electrons. The number of thiophene rings is 1. The van der Waals surface area contributed by atoms with Crippen molar-refractivity contribution >= 4 is 58.3 Å². The lowest BCUT2D eigenvalue weighted by molar-refractivity contribution is -0.115. The van der Waals surface area contributed by atoms with Gasteiger partial charge in [0.15, 0.2) is 0 Å². The summed E-state index contributed by atoms with van der Waals surface area (Å²) in [6.07, 6.45) is 2.49. The van der Waals surface area contributed by atoms with Crippen LogP contribution in [0.15, 0.2) is 100 Å². The third-order valence-electron chi connectivity index (χ3n) is 6.17.